The Bertz CT molecular complexity index is 1240. The number of nitrogens with zero attached hydrogens (tertiary/aromatic N) is 3. The van der Waals surface area contributed by atoms with Crippen molar-refractivity contribution in [2.24, 2.45) is 0 Å². The van der Waals surface area contributed by atoms with E-state index in [1.54, 1.807) is 0 Å². The summed E-state index contributed by atoms with van der Waals surface area (Å²) in [5, 5.41) is 2.65. The molecule has 8 nitrogen and oxygen atoms in total. The molecule has 3 heterocycles. The van der Waals surface area contributed by atoms with Gasteiger partial charge in [-0.25, -0.2) is 17.8 Å². The molecule has 0 radical (unpaired) electrons. The van der Waals surface area contributed by atoms with Gasteiger partial charge in [0, 0.05) is 38.1 Å². The van der Waals surface area contributed by atoms with Crippen LogP contribution in [0, 0.1) is 5.82 Å². The number of rotatable bonds is 6. The fraction of sp³-hybridized carbons (Fsp3) is 0.409. The van der Waals surface area contributed by atoms with Gasteiger partial charge in [0.25, 0.3) is 5.24 Å². The van der Waals surface area contributed by atoms with Gasteiger partial charge in [-0.05, 0) is 55.1 Å². The minimum atomic E-state index is -3.52. The highest BCUT2D eigenvalue weighted by Gasteiger charge is 2.37. The lowest BCUT2D eigenvalue weighted by Gasteiger charge is -2.37. The van der Waals surface area contributed by atoms with Crippen LogP contribution in [-0.2, 0) is 14.6 Å². The van der Waals surface area contributed by atoms with Crippen LogP contribution in [0.2, 0.25) is 5.02 Å². The highest BCUT2D eigenvalue weighted by Crippen LogP contribution is 2.30. The van der Waals surface area contributed by atoms with E-state index >= 15 is 0 Å². The molecule has 1 amide bonds. The molecule has 1 aromatic carbocycles. The summed E-state index contributed by atoms with van der Waals surface area (Å²) in [5.74, 6) is -0.248. The number of likely N-dealkylation sites (tertiary alicyclic amines) is 1. The highest BCUT2D eigenvalue weighted by molar-refractivity contribution is 7.90. The molecule has 0 unspecified atom stereocenters. The van der Waals surface area contributed by atoms with Crippen molar-refractivity contribution in [1.29, 1.82) is 0 Å². The standard InChI is InChI=1S/C22H23Cl2FN4O4S/c1-34(32,33)15-2-3-18(17(25)11-15)27-19-6-9-29(22(19)31)14-4-7-28(8-5-14)21-16(23)10-13(12-26-21)20(24)30/h2-3,10-12,14,19,27H,4-9H2,1H3/t19-/m0/s1. The molecule has 2 aliphatic heterocycles. The molecule has 0 aliphatic carbocycles. The van der Waals surface area contributed by atoms with Gasteiger partial charge in [-0.1, -0.05) is 11.6 Å². The Kier molecular flexibility index (Phi) is 7.02. The molecule has 1 atom stereocenters. The Hall–Kier alpha value is -2.43. The second-order valence-corrected chi connectivity index (χ2v) is 11.2. The van der Waals surface area contributed by atoms with E-state index in [1.807, 2.05) is 9.80 Å². The summed E-state index contributed by atoms with van der Waals surface area (Å²) in [6, 6.07) is 4.58. The summed E-state index contributed by atoms with van der Waals surface area (Å²) in [6.45, 7) is 1.82. The van der Waals surface area contributed by atoms with Crippen LogP contribution in [0.4, 0.5) is 15.9 Å². The third kappa shape index (κ3) is 5.13. The van der Waals surface area contributed by atoms with E-state index in [4.69, 9.17) is 23.2 Å². The highest BCUT2D eigenvalue weighted by atomic mass is 35.5. The number of carbonyl (C=O) groups is 2. The predicted octanol–water partition coefficient (Wildman–Crippen LogP) is 3.34. The fourth-order valence-electron chi connectivity index (χ4n) is 4.39. The zero-order chi connectivity index (χ0) is 24.6. The lowest BCUT2D eigenvalue weighted by Crippen LogP contribution is -2.47. The van der Waals surface area contributed by atoms with Crippen molar-refractivity contribution in [2.75, 3.05) is 36.1 Å². The number of aromatic nitrogens is 1. The molecule has 2 aliphatic rings. The summed E-state index contributed by atoms with van der Waals surface area (Å²) < 4.78 is 37.6. The first-order chi connectivity index (χ1) is 16.0. The minimum Gasteiger partial charge on any atom is -0.371 e. The minimum absolute atomic E-state index is 0.0375. The third-order valence-corrected chi connectivity index (χ3v) is 7.80. The SMILES string of the molecule is CS(=O)(=O)c1ccc(N[C@H]2CCN(C3CCN(c4ncc(C(=O)Cl)cc4Cl)CC3)C2=O)c(F)c1. The van der Waals surface area contributed by atoms with E-state index < -0.39 is 26.9 Å². The van der Waals surface area contributed by atoms with Crippen LogP contribution in [0.3, 0.4) is 0 Å². The quantitative estimate of drug-likeness (QED) is 0.573. The number of piperidine rings is 1. The van der Waals surface area contributed by atoms with Gasteiger partial charge in [-0.3, -0.25) is 9.59 Å². The smallest absolute Gasteiger partial charge is 0.253 e. The number of pyridine rings is 1. The van der Waals surface area contributed by atoms with E-state index in [1.165, 1.54) is 24.4 Å². The summed E-state index contributed by atoms with van der Waals surface area (Å²) >= 11 is 11.8. The van der Waals surface area contributed by atoms with E-state index in [9.17, 15) is 22.4 Å². The fourth-order valence-corrected chi connectivity index (χ4v) is 5.41. The van der Waals surface area contributed by atoms with Gasteiger partial charge < -0.3 is 15.1 Å². The van der Waals surface area contributed by atoms with Crippen LogP contribution < -0.4 is 10.2 Å². The zero-order valence-corrected chi connectivity index (χ0v) is 20.6. The summed E-state index contributed by atoms with van der Waals surface area (Å²) in [6.07, 6.45) is 4.35. The first-order valence-corrected chi connectivity index (χ1v) is 13.4. The van der Waals surface area contributed by atoms with Crippen molar-refractivity contribution in [2.45, 2.75) is 36.2 Å². The molecule has 34 heavy (non-hydrogen) atoms. The normalized spacial score (nSPS) is 19.5. The molecule has 0 spiro atoms. The largest absolute Gasteiger partial charge is 0.371 e. The van der Waals surface area contributed by atoms with Crippen molar-refractivity contribution in [3.63, 3.8) is 0 Å². The van der Waals surface area contributed by atoms with Crippen LogP contribution in [0.25, 0.3) is 0 Å². The number of hydrogen-bond donors (Lipinski definition) is 1. The van der Waals surface area contributed by atoms with E-state index in [0.29, 0.717) is 49.7 Å². The van der Waals surface area contributed by atoms with E-state index in [-0.39, 0.29) is 28.1 Å². The van der Waals surface area contributed by atoms with Gasteiger partial charge in [-0.2, -0.15) is 0 Å². The average Bonchev–Trinajstić information content (AvgIpc) is 3.14. The molecule has 2 saturated heterocycles. The molecular formula is C22H23Cl2FN4O4S. The summed E-state index contributed by atoms with van der Waals surface area (Å²) in [7, 11) is -3.52. The maximum atomic E-state index is 14.4. The molecule has 182 valence electrons. The van der Waals surface area contributed by atoms with Crippen molar-refractivity contribution in [1.82, 2.24) is 9.88 Å². The van der Waals surface area contributed by atoms with E-state index in [2.05, 4.69) is 10.3 Å². The van der Waals surface area contributed by atoms with Gasteiger partial charge >= 0.3 is 0 Å². The van der Waals surface area contributed by atoms with Crippen LogP contribution in [0.5, 0.6) is 0 Å². The average molecular weight is 529 g/mol. The number of halogens is 3. The van der Waals surface area contributed by atoms with Crippen molar-refractivity contribution >= 4 is 55.7 Å². The Labute approximate surface area is 207 Å². The van der Waals surface area contributed by atoms with Gasteiger partial charge in [-0.15, -0.1) is 0 Å². The Morgan fingerprint density at radius 3 is 2.47 bits per heavy atom. The van der Waals surface area contributed by atoms with E-state index in [0.717, 1.165) is 12.3 Å². The van der Waals surface area contributed by atoms with Crippen LogP contribution in [0.15, 0.2) is 35.4 Å². The molecule has 0 saturated carbocycles. The zero-order valence-electron chi connectivity index (χ0n) is 18.3. The first-order valence-electron chi connectivity index (χ1n) is 10.7. The van der Waals surface area contributed by atoms with Crippen molar-refractivity contribution in [3.8, 4) is 0 Å². The van der Waals surface area contributed by atoms with Gasteiger partial charge in [0.15, 0.2) is 9.84 Å². The number of nitrogens with one attached hydrogen (secondary N) is 1. The predicted molar refractivity (Wildman–Crippen MR) is 128 cm³/mol. The number of carbonyl (C=O) groups excluding carboxylic acids is 2. The Morgan fingerprint density at radius 1 is 1.18 bits per heavy atom. The summed E-state index contributed by atoms with van der Waals surface area (Å²) in [5.41, 5.74) is 0.330. The maximum absolute atomic E-state index is 14.4. The number of hydrogen-bond acceptors (Lipinski definition) is 7. The maximum Gasteiger partial charge on any atom is 0.253 e. The van der Waals surface area contributed by atoms with Crippen molar-refractivity contribution in [3.05, 3.63) is 46.9 Å². The van der Waals surface area contributed by atoms with Gasteiger partial charge in [0.05, 0.1) is 21.2 Å². The second kappa shape index (κ2) is 9.67. The third-order valence-electron chi connectivity index (χ3n) is 6.19. The second-order valence-electron chi connectivity index (χ2n) is 8.45. The Morgan fingerprint density at radius 2 is 1.88 bits per heavy atom. The number of anilines is 2. The van der Waals surface area contributed by atoms with Crippen LogP contribution in [0.1, 0.15) is 29.6 Å². The molecule has 2 fully saturated rings. The molecule has 1 N–H and O–H groups in total. The number of sulfone groups is 1. The molecule has 2 aromatic rings. The Balaban J connectivity index is 1.37. The lowest BCUT2D eigenvalue weighted by molar-refractivity contribution is -0.130. The van der Waals surface area contributed by atoms with Gasteiger partial charge in [0.1, 0.15) is 17.7 Å². The molecule has 4 rings (SSSR count). The molecular weight excluding hydrogens is 506 g/mol. The van der Waals surface area contributed by atoms with Crippen molar-refractivity contribution < 1.29 is 22.4 Å². The van der Waals surface area contributed by atoms with Gasteiger partial charge in [0.2, 0.25) is 5.91 Å². The molecule has 0 bridgehead atoms. The van der Waals surface area contributed by atoms with Crippen LogP contribution >= 0.6 is 23.2 Å². The summed E-state index contributed by atoms with van der Waals surface area (Å²) in [4.78, 5) is 32.3. The lowest BCUT2D eigenvalue weighted by atomic mass is 10.0. The topological polar surface area (TPSA) is 99.7 Å². The monoisotopic (exact) mass is 528 g/mol. The number of amides is 1. The first kappa shape index (κ1) is 24.7. The molecule has 12 heteroatoms. The van der Waals surface area contributed by atoms with Crippen LogP contribution in [-0.4, -0.2) is 67.4 Å². The molecule has 1 aromatic heterocycles. The number of benzene rings is 1.